The van der Waals surface area contributed by atoms with Gasteiger partial charge in [-0.15, -0.1) is 0 Å². The Kier molecular flexibility index (Phi) is 3.95. The third kappa shape index (κ3) is 3.52. The molecule has 2 heteroatoms. The first-order chi connectivity index (χ1) is 8.55. The van der Waals surface area contributed by atoms with Gasteiger partial charge in [-0.2, -0.15) is 0 Å². The van der Waals surface area contributed by atoms with Gasteiger partial charge in [0.15, 0.2) is 0 Å². The fraction of sp³-hybridized carbons (Fsp3) is 0.500. The molecular formula is C16H23NO. The van der Waals surface area contributed by atoms with E-state index in [4.69, 9.17) is 4.74 Å². The number of nitrogens with one attached hydrogen (secondary N) is 1. The SMILES string of the molecule is CC(C)(C)c1ccc(NCC2CCC=CO2)cc1. The first kappa shape index (κ1) is 13.0. The molecule has 98 valence electrons. The van der Waals surface area contributed by atoms with Gasteiger partial charge in [0.25, 0.3) is 0 Å². The van der Waals surface area contributed by atoms with Crippen molar-refractivity contribution in [3.05, 3.63) is 42.2 Å². The van der Waals surface area contributed by atoms with E-state index in [1.165, 1.54) is 11.3 Å². The van der Waals surface area contributed by atoms with Gasteiger partial charge in [0.2, 0.25) is 0 Å². The van der Waals surface area contributed by atoms with Gasteiger partial charge in [0.05, 0.1) is 12.8 Å². The molecule has 0 saturated carbocycles. The molecule has 0 bridgehead atoms. The molecule has 1 aliphatic heterocycles. The first-order valence-electron chi connectivity index (χ1n) is 6.70. The van der Waals surface area contributed by atoms with Crippen LogP contribution in [0.15, 0.2) is 36.6 Å². The molecule has 0 radical (unpaired) electrons. The van der Waals surface area contributed by atoms with E-state index >= 15 is 0 Å². The average Bonchev–Trinajstić information content (AvgIpc) is 2.37. The van der Waals surface area contributed by atoms with Crippen LogP contribution in [0.25, 0.3) is 0 Å². The molecule has 0 aliphatic carbocycles. The standard InChI is InChI=1S/C16H23NO/c1-16(2,3)13-7-9-14(10-8-13)17-12-15-6-4-5-11-18-15/h5,7-11,15,17H,4,6,12H2,1-3H3. The monoisotopic (exact) mass is 245 g/mol. The second-order valence-corrected chi connectivity index (χ2v) is 5.92. The lowest BCUT2D eigenvalue weighted by atomic mass is 9.87. The van der Waals surface area contributed by atoms with E-state index in [-0.39, 0.29) is 5.41 Å². The number of hydrogen-bond acceptors (Lipinski definition) is 2. The Hall–Kier alpha value is -1.44. The fourth-order valence-corrected chi connectivity index (χ4v) is 2.05. The minimum absolute atomic E-state index is 0.218. The van der Waals surface area contributed by atoms with Crippen molar-refractivity contribution >= 4 is 5.69 Å². The molecule has 1 aliphatic rings. The highest BCUT2D eigenvalue weighted by Gasteiger charge is 2.13. The second-order valence-electron chi connectivity index (χ2n) is 5.92. The molecule has 1 N–H and O–H groups in total. The van der Waals surface area contributed by atoms with Gasteiger partial charge in [-0.1, -0.05) is 32.9 Å². The summed E-state index contributed by atoms with van der Waals surface area (Å²) in [7, 11) is 0. The summed E-state index contributed by atoms with van der Waals surface area (Å²) in [5.41, 5.74) is 2.75. The van der Waals surface area contributed by atoms with Crippen molar-refractivity contribution in [2.24, 2.45) is 0 Å². The molecule has 18 heavy (non-hydrogen) atoms. The highest BCUT2D eigenvalue weighted by Crippen LogP contribution is 2.23. The Labute approximate surface area is 110 Å². The van der Waals surface area contributed by atoms with Gasteiger partial charge in [-0.25, -0.2) is 0 Å². The first-order valence-corrected chi connectivity index (χ1v) is 6.70. The van der Waals surface area contributed by atoms with Crippen molar-refractivity contribution in [1.29, 1.82) is 0 Å². The molecule has 0 spiro atoms. The topological polar surface area (TPSA) is 21.3 Å². The van der Waals surface area contributed by atoms with Crippen molar-refractivity contribution in [3.8, 4) is 0 Å². The Morgan fingerprint density at radius 3 is 2.50 bits per heavy atom. The summed E-state index contributed by atoms with van der Waals surface area (Å²) in [6.07, 6.45) is 6.42. The van der Waals surface area contributed by atoms with Gasteiger partial charge in [-0.3, -0.25) is 0 Å². The smallest absolute Gasteiger partial charge is 0.115 e. The van der Waals surface area contributed by atoms with Crippen molar-refractivity contribution in [2.75, 3.05) is 11.9 Å². The predicted molar refractivity (Wildman–Crippen MR) is 76.9 cm³/mol. The molecule has 1 atom stereocenters. The highest BCUT2D eigenvalue weighted by molar-refractivity contribution is 5.45. The van der Waals surface area contributed by atoms with Crippen molar-refractivity contribution in [2.45, 2.75) is 45.1 Å². The number of rotatable bonds is 3. The third-order valence-corrected chi connectivity index (χ3v) is 3.31. The lowest BCUT2D eigenvalue weighted by Crippen LogP contribution is -2.23. The van der Waals surface area contributed by atoms with Crippen molar-refractivity contribution in [1.82, 2.24) is 0 Å². The summed E-state index contributed by atoms with van der Waals surface area (Å²) in [6, 6.07) is 8.70. The molecule has 0 amide bonds. The number of benzene rings is 1. The van der Waals surface area contributed by atoms with E-state index in [2.05, 4.69) is 56.4 Å². The van der Waals surface area contributed by atoms with Crippen LogP contribution in [0.1, 0.15) is 39.2 Å². The van der Waals surface area contributed by atoms with Crippen LogP contribution in [-0.4, -0.2) is 12.6 Å². The highest BCUT2D eigenvalue weighted by atomic mass is 16.5. The van der Waals surface area contributed by atoms with E-state index in [1.807, 2.05) is 6.26 Å². The minimum Gasteiger partial charge on any atom is -0.497 e. The molecule has 1 aromatic carbocycles. The quantitative estimate of drug-likeness (QED) is 0.866. The summed E-state index contributed by atoms with van der Waals surface area (Å²) >= 11 is 0. The van der Waals surface area contributed by atoms with Crippen LogP contribution in [0.2, 0.25) is 0 Å². The molecule has 0 fully saturated rings. The van der Waals surface area contributed by atoms with E-state index in [1.54, 1.807) is 0 Å². The number of ether oxygens (including phenoxy) is 1. The Bertz CT molecular complexity index is 400. The van der Waals surface area contributed by atoms with Crippen LogP contribution in [0, 0.1) is 0 Å². The van der Waals surface area contributed by atoms with E-state index in [0.717, 1.165) is 19.4 Å². The lowest BCUT2D eigenvalue weighted by molar-refractivity contribution is 0.135. The summed E-state index contributed by atoms with van der Waals surface area (Å²) < 4.78 is 5.53. The third-order valence-electron chi connectivity index (χ3n) is 3.31. The van der Waals surface area contributed by atoms with Crippen LogP contribution < -0.4 is 5.32 Å². The maximum absolute atomic E-state index is 5.53. The van der Waals surface area contributed by atoms with Crippen molar-refractivity contribution in [3.63, 3.8) is 0 Å². The average molecular weight is 245 g/mol. The number of allylic oxidation sites excluding steroid dienone is 1. The molecule has 1 aromatic rings. The van der Waals surface area contributed by atoms with E-state index in [0.29, 0.717) is 6.10 Å². The van der Waals surface area contributed by atoms with Gasteiger partial charge in [-0.05, 0) is 42.0 Å². The largest absolute Gasteiger partial charge is 0.497 e. The van der Waals surface area contributed by atoms with Gasteiger partial charge in [0.1, 0.15) is 6.10 Å². The van der Waals surface area contributed by atoms with E-state index < -0.39 is 0 Å². The van der Waals surface area contributed by atoms with Crippen LogP contribution in [0.4, 0.5) is 5.69 Å². The Morgan fingerprint density at radius 1 is 1.22 bits per heavy atom. The summed E-state index contributed by atoms with van der Waals surface area (Å²) in [6.45, 7) is 7.58. The van der Waals surface area contributed by atoms with Gasteiger partial charge >= 0.3 is 0 Å². The maximum atomic E-state index is 5.53. The van der Waals surface area contributed by atoms with Crippen LogP contribution >= 0.6 is 0 Å². The van der Waals surface area contributed by atoms with Crippen LogP contribution in [-0.2, 0) is 10.2 Å². The molecule has 0 saturated heterocycles. The summed E-state index contributed by atoms with van der Waals surface area (Å²) in [5, 5.41) is 3.43. The molecule has 1 heterocycles. The van der Waals surface area contributed by atoms with Crippen molar-refractivity contribution < 1.29 is 4.74 Å². The Morgan fingerprint density at radius 2 is 1.94 bits per heavy atom. The molecule has 2 rings (SSSR count). The molecular weight excluding hydrogens is 222 g/mol. The summed E-state index contributed by atoms with van der Waals surface area (Å²) in [5.74, 6) is 0. The van der Waals surface area contributed by atoms with E-state index in [9.17, 15) is 0 Å². The van der Waals surface area contributed by atoms with Crippen LogP contribution in [0.3, 0.4) is 0 Å². The van der Waals surface area contributed by atoms with Gasteiger partial charge < -0.3 is 10.1 Å². The zero-order valence-electron chi connectivity index (χ0n) is 11.6. The normalized spacial score (nSPS) is 19.4. The Balaban J connectivity index is 1.88. The summed E-state index contributed by atoms with van der Waals surface area (Å²) in [4.78, 5) is 0. The zero-order valence-corrected chi connectivity index (χ0v) is 11.6. The maximum Gasteiger partial charge on any atom is 0.115 e. The fourth-order valence-electron chi connectivity index (χ4n) is 2.05. The number of anilines is 1. The molecule has 2 nitrogen and oxygen atoms in total. The zero-order chi connectivity index (χ0) is 13.0. The lowest BCUT2D eigenvalue weighted by Gasteiger charge is -2.21. The minimum atomic E-state index is 0.218. The molecule has 0 aromatic heterocycles. The second kappa shape index (κ2) is 5.47. The van der Waals surface area contributed by atoms with Gasteiger partial charge in [0, 0.05) is 5.69 Å². The molecule has 1 unspecified atom stereocenters. The number of hydrogen-bond donors (Lipinski definition) is 1. The van der Waals surface area contributed by atoms with Crippen LogP contribution in [0.5, 0.6) is 0 Å². The predicted octanol–water partition coefficient (Wildman–Crippen LogP) is 4.09.